The van der Waals surface area contributed by atoms with Gasteiger partial charge in [-0.2, -0.15) is 4.98 Å². The molecule has 1 aromatic carbocycles. The number of nitrogens with zero attached hydrogens (tertiary/aromatic N) is 4. The molecule has 7 nitrogen and oxygen atoms in total. The Morgan fingerprint density at radius 3 is 2.88 bits per heavy atom. The van der Waals surface area contributed by atoms with Crippen LogP contribution in [0.25, 0.3) is 28.7 Å². The molecular weight excluding hydrogens is 342 g/mol. The normalized spacial score (nSPS) is 11.0. The number of rotatable bonds is 3. The molecule has 0 aliphatic heterocycles. The summed E-state index contributed by atoms with van der Waals surface area (Å²) in [6.45, 7) is 1.85. The molecule has 0 bridgehead atoms. The Hall–Kier alpha value is -3.19. The zero-order valence-electron chi connectivity index (χ0n) is 13.1. The maximum Gasteiger partial charge on any atom is 0.330 e. The Balaban J connectivity index is 1.76. The van der Waals surface area contributed by atoms with Crippen molar-refractivity contribution in [1.29, 1.82) is 0 Å². The fraction of sp³-hybridized carbons (Fsp3) is 0.0588. The van der Waals surface area contributed by atoms with E-state index in [2.05, 4.69) is 20.1 Å². The van der Waals surface area contributed by atoms with E-state index in [1.165, 1.54) is 0 Å². The van der Waals surface area contributed by atoms with Crippen molar-refractivity contribution in [3.05, 3.63) is 70.0 Å². The van der Waals surface area contributed by atoms with Crippen LogP contribution in [0, 0.1) is 6.92 Å². The van der Waals surface area contributed by atoms with Crippen molar-refractivity contribution in [2.45, 2.75) is 6.92 Å². The molecule has 3 aromatic heterocycles. The first-order chi connectivity index (χ1) is 12.1. The second-order valence-electron chi connectivity index (χ2n) is 5.38. The summed E-state index contributed by atoms with van der Waals surface area (Å²) in [5.74, 6) is 0.626. The third kappa shape index (κ3) is 2.74. The van der Waals surface area contributed by atoms with Crippen LogP contribution in [-0.4, -0.2) is 24.7 Å². The van der Waals surface area contributed by atoms with Crippen molar-refractivity contribution in [2.75, 3.05) is 0 Å². The van der Waals surface area contributed by atoms with Gasteiger partial charge in [-0.25, -0.2) is 9.78 Å². The van der Waals surface area contributed by atoms with Crippen LogP contribution in [0.4, 0.5) is 0 Å². The number of benzene rings is 1. The quantitative estimate of drug-likeness (QED) is 0.610. The molecule has 0 aliphatic rings. The van der Waals surface area contributed by atoms with Crippen molar-refractivity contribution in [3.8, 4) is 28.7 Å². The number of aromatic amines is 1. The summed E-state index contributed by atoms with van der Waals surface area (Å²) in [4.78, 5) is 23.1. The van der Waals surface area contributed by atoms with Gasteiger partial charge in [-0.05, 0) is 31.2 Å². The minimum absolute atomic E-state index is 0.205. The highest BCUT2D eigenvalue weighted by molar-refractivity contribution is 6.32. The number of aryl methyl sites for hydroxylation is 1. The Labute approximate surface area is 146 Å². The largest absolute Gasteiger partial charge is 0.332 e. The summed E-state index contributed by atoms with van der Waals surface area (Å²) in [6, 6.07) is 10.7. The Morgan fingerprint density at radius 1 is 1.24 bits per heavy atom. The standard InChI is InChI=1S/C17H12ClN5O2/c1-10-9-20-17(24)23(10)12-5-2-4-11(8-12)15-21-16(25-22-15)14-13(18)6-3-7-19-14/h2-9H,1H3,(H,20,24). The summed E-state index contributed by atoms with van der Waals surface area (Å²) in [6.07, 6.45) is 3.26. The Bertz CT molecular complexity index is 1110. The molecule has 25 heavy (non-hydrogen) atoms. The zero-order chi connectivity index (χ0) is 17.4. The third-order valence-electron chi connectivity index (χ3n) is 3.71. The molecule has 0 spiro atoms. The molecule has 4 rings (SSSR count). The van der Waals surface area contributed by atoms with Crippen molar-refractivity contribution in [2.24, 2.45) is 0 Å². The van der Waals surface area contributed by atoms with E-state index in [1.54, 1.807) is 29.1 Å². The number of pyridine rings is 1. The number of halogens is 1. The second-order valence-corrected chi connectivity index (χ2v) is 5.79. The predicted molar refractivity (Wildman–Crippen MR) is 92.7 cm³/mol. The topological polar surface area (TPSA) is 89.6 Å². The van der Waals surface area contributed by atoms with E-state index in [4.69, 9.17) is 16.1 Å². The van der Waals surface area contributed by atoms with Crippen LogP contribution in [0.1, 0.15) is 5.69 Å². The molecule has 0 saturated carbocycles. The van der Waals surface area contributed by atoms with Gasteiger partial charge in [-0.3, -0.25) is 4.57 Å². The third-order valence-corrected chi connectivity index (χ3v) is 4.01. The van der Waals surface area contributed by atoms with E-state index >= 15 is 0 Å². The highest BCUT2D eigenvalue weighted by Gasteiger charge is 2.15. The average molecular weight is 354 g/mol. The van der Waals surface area contributed by atoms with Gasteiger partial charge >= 0.3 is 5.69 Å². The van der Waals surface area contributed by atoms with Gasteiger partial charge in [-0.1, -0.05) is 28.9 Å². The van der Waals surface area contributed by atoms with Gasteiger partial charge in [0.05, 0.1) is 10.7 Å². The molecule has 0 fully saturated rings. The van der Waals surface area contributed by atoms with Crippen LogP contribution >= 0.6 is 11.6 Å². The number of H-pyrrole nitrogens is 1. The van der Waals surface area contributed by atoms with Crippen LogP contribution in [-0.2, 0) is 0 Å². The number of hydrogen-bond donors (Lipinski definition) is 1. The van der Waals surface area contributed by atoms with E-state index in [9.17, 15) is 4.79 Å². The molecule has 1 N–H and O–H groups in total. The molecular formula is C17H12ClN5O2. The fourth-order valence-electron chi connectivity index (χ4n) is 2.54. The highest BCUT2D eigenvalue weighted by atomic mass is 35.5. The maximum atomic E-state index is 11.9. The number of hydrogen-bond acceptors (Lipinski definition) is 5. The smallest absolute Gasteiger partial charge is 0.330 e. The lowest BCUT2D eigenvalue weighted by atomic mass is 10.2. The van der Waals surface area contributed by atoms with Gasteiger partial charge in [0, 0.05) is 23.7 Å². The van der Waals surface area contributed by atoms with Crippen molar-refractivity contribution in [1.82, 2.24) is 24.7 Å². The maximum absolute atomic E-state index is 11.9. The fourth-order valence-corrected chi connectivity index (χ4v) is 2.74. The number of imidazole rings is 1. The van der Waals surface area contributed by atoms with Crippen molar-refractivity contribution in [3.63, 3.8) is 0 Å². The van der Waals surface area contributed by atoms with E-state index in [0.717, 1.165) is 5.69 Å². The van der Waals surface area contributed by atoms with Gasteiger partial charge in [0.2, 0.25) is 5.82 Å². The molecule has 0 atom stereocenters. The lowest BCUT2D eigenvalue weighted by Gasteiger charge is -2.05. The molecule has 0 saturated heterocycles. The van der Waals surface area contributed by atoms with Crippen LogP contribution < -0.4 is 5.69 Å². The van der Waals surface area contributed by atoms with E-state index < -0.39 is 0 Å². The van der Waals surface area contributed by atoms with Gasteiger partial charge in [0.15, 0.2) is 0 Å². The molecule has 124 valence electrons. The summed E-state index contributed by atoms with van der Waals surface area (Å²) < 4.78 is 6.85. The van der Waals surface area contributed by atoms with Crippen molar-refractivity contribution >= 4 is 11.6 Å². The number of nitrogens with one attached hydrogen (secondary N) is 1. The zero-order valence-corrected chi connectivity index (χ0v) is 13.9. The molecule has 0 aliphatic carbocycles. The van der Waals surface area contributed by atoms with Crippen LogP contribution in [0.15, 0.2) is 58.1 Å². The monoisotopic (exact) mass is 353 g/mol. The molecule has 0 radical (unpaired) electrons. The van der Waals surface area contributed by atoms with Gasteiger partial charge in [0.25, 0.3) is 5.89 Å². The SMILES string of the molecule is Cc1c[nH]c(=O)n1-c1cccc(-c2noc(-c3ncccc3Cl)n2)c1. The second kappa shape index (κ2) is 6.03. The first-order valence-electron chi connectivity index (χ1n) is 7.46. The molecule has 0 amide bonds. The van der Waals surface area contributed by atoms with Gasteiger partial charge < -0.3 is 9.51 Å². The van der Waals surface area contributed by atoms with E-state index in [0.29, 0.717) is 27.8 Å². The summed E-state index contributed by atoms with van der Waals surface area (Å²) >= 11 is 6.11. The summed E-state index contributed by atoms with van der Waals surface area (Å²) in [5.41, 5.74) is 2.45. The first-order valence-corrected chi connectivity index (χ1v) is 7.84. The van der Waals surface area contributed by atoms with Crippen LogP contribution in [0.2, 0.25) is 5.02 Å². The van der Waals surface area contributed by atoms with E-state index in [1.807, 2.05) is 31.2 Å². The molecule has 3 heterocycles. The summed E-state index contributed by atoms with van der Waals surface area (Å²) in [7, 11) is 0. The lowest BCUT2D eigenvalue weighted by molar-refractivity contribution is 0.431. The predicted octanol–water partition coefficient (Wildman–Crippen LogP) is 3.24. The minimum atomic E-state index is -0.205. The molecule has 8 heteroatoms. The number of aromatic nitrogens is 5. The minimum Gasteiger partial charge on any atom is -0.332 e. The van der Waals surface area contributed by atoms with Crippen molar-refractivity contribution < 1.29 is 4.52 Å². The highest BCUT2D eigenvalue weighted by Crippen LogP contribution is 2.26. The van der Waals surface area contributed by atoms with Gasteiger partial charge in [0.1, 0.15) is 5.69 Å². The van der Waals surface area contributed by atoms with Crippen LogP contribution in [0.5, 0.6) is 0 Å². The lowest BCUT2D eigenvalue weighted by Crippen LogP contribution is -2.15. The molecule has 0 unspecified atom stereocenters. The van der Waals surface area contributed by atoms with Crippen LogP contribution in [0.3, 0.4) is 0 Å². The first kappa shape index (κ1) is 15.3. The van der Waals surface area contributed by atoms with E-state index in [-0.39, 0.29) is 11.6 Å². The van der Waals surface area contributed by atoms with Gasteiger partial charge in [-0.15, -0.1) is 0 Å². The Kier molecular flexibility index (Phi) is 3.70. The summed E-state index contributed by atoms with van der Waals surface area (Å²) in [5, 5.41) is 4.42. The average Bonchev–Trinajstić information content (AvgIpc) is 3.23. The Morgan fingerprint density at radius 2 is 2.12 bits per heavy atom. The molecule has 4 aromatic rings.